The number of nitrogens with one attached hydrogen (secondary N) is 1. The maximum atomic E-state index is 13.0. The minimum absolute atomic E-state index is 0.153. The van der Waals surface area contributed by atoms with Crippen molar-refractivity contribution in [3.63, 3.8) is 0 Å². The molecule has 0 saturated carbocycles. The van der Waals surface area contributed by atoms with Crippen LogP contribution in [0.3, 0.4) is 0 Å². The molecule has 0 fully saturated rings. The number of aryl methyl sites for hydroxylation is 1. The van der Waals surface area contributed by atoms with Gasteiger partial charge in [-0.2, -0.15) is 0 Å². The highest BCUT2D eigenvalue weighted by Crippen LogP contribution is 2.28. The fourth-order valence-electron chi connectivity index (χ4n) is 2.71. The minimum atomic E-state index is -3.82. The zero-order chi connectivity index (χ0) is 21.2. The summed E-state index contributed by atoms with van der Waals surface area (Å²) >= 11 is 9.38. The first-order chi connectivity index (χ1) is 13.7. The monoisotopic (exact) mass is 492 g/mol. The molecule has 8 heteroatoms. The molecule has 1 amide bonds. The number of nitrogens with zero attached hydrogens (tertiary/aromatic N) is 1. The molecule has 0 spiro atoms. The van der Waals surface area contributed by atoms with E-state index in [1.165, 1.54) is 7.05 Å². The number of halogens is 2. The van der Waals surface area contributed by atoms with Crippen molar-refractivity contribution in [2.24, 2.45) is 0 Å². The Morgan fingerprint density at radius 3 is 2.34 bits per heavy atom. The maximum Gasteiger partial charge on any atom is 0.264 e. The third-order valence-electron chi connectivity index (χ3n) is 4.34. The molecular weight excluding hydrogens is 476 g/mol. The van der Waals surface area contributed by atoms with E-state index >= 15 is 0 Å². The average molecular weight is 494 g/mol. The number of carbonyl (C=O) groups excluding carboxylic acids is 1. The predicted molar refractivity (Wildman–Crippen MR) is 120 cm³/mol. The van der Waals surface area contributed by atoms with E-state index in [1.807, 2.05) is 6.92 Å². The predicted octanol–water partition coefficient (Wildman–Crippen LogP) is 5.49. The van der Waals surface area contributed by atoms with Crippen molar-refractivity contribution in [3.8, 4) is 0 Å². The summed E-state index contributed by atoms with van der Waals surface area (Å²) in [6.45, 7) is 1.88. The number of hydrogen-bond acceptors (Lipinski definition) is 3. The van der Waals surface area contributed by atoms with Gasteiger partial charge in [0.05, 0.1) is 21.2 Å². The molecule has 29 heavy (non-hydrogen) atoms. The number of para-hydroxylation sites is 1. The fourth-order valence-corrected chi connectivity index (χ4v) is 4.35. The van der Waals surface area contributed by atoms with Gasteiger partial charge in [-0.15, -0.1) is 0 Å². The van der Waals surface area contributed by atoms with Crippen LogP contribution in [0.4, 0.5) is 11.4 Å². The van der Waals surface area contributed by atoms with Gasteiger partial charge in [0.15, 0.2) is 0 Å². The summed E-state index contributed by atoms with van der Waals surface area (Å²) in [7, 11) is -2.40. The van der Waals surface area contributed by atoms with Crippen LogP contribution in [0.25, 0.3) is 0 Å². The van der Waals surface area contributed by atoms with E-state index in [1.54, 1.807) is 66.7 Å². The molecule has 0 bridgehead atoms. The second kappa shape index (κ2) is 8.57. The zero-order valence-electron chi connectivity index (χ0n) is 15.7. The van der Waals surface area contributed by atoms with Crippen LogP contribution in [-0.2, 0) is 10.0 Å². The van der Waals surface area contributed by atoms with Crippen molar-refractivity contribution in [2.75, 3.05) is 16.7 Å². The van der Waals surface area contributed by atoms with Crippen molar-refractivity contribution in [2.45, 2.75) is 11.8 Å². The van der Waals surface area contributed by atoms with Crippen LogP contribution in [0.5, 0.6) is 0 Å². The molecule has 0 radical (unpaired) electrons. The third kappa shape index (κ3) is 4.63. The summed E-state index contributed by atoms with van der Waals surface area (Å²) in [5.41, 5.74) is 1.96. The van der Waals surface area contributed by atoms with Crippen LogP contribution in [0.15, 0.2) is 76.1 Å². The Hall–Kier alpha value is -2.35. The minimum Gasteiger partial charge on any atom is -0.322 e. The Labute approximate surface area is 183 Å². The second-order valence-electron chi connectivity index (χ2n) is 6.39. The van der Waals surface area contributed by atoms with Gasteiger partial charge in [0.25, 0.3) is 15.9 Å². The first-order valence-electron chi connectivity index (χ1n) is 8.61. The van der Waals surface area contributed by atoms with E-state index in [0.717, 1.165) is 9.87 Å². The average Bonchev–Trinajstić information content (AvgIpc) is 2.70. The van der Waals surface area contributed by atoms with Crippen molar-refractivity contribution >= 4 is 54.8 Å². The van der Waals surface area contributed by atoms with Gasteiger partial charge in [0.1, 0.15) is 0 Å². The lowest BCUT2D eigenvalue weighted by Gasteiger charge is -2.22. The zero-order valence-corrected chi connectivity index (χ0v) is 18.8. The van der Waals surface area contributed by atoms with E-state index in [9.17, 15) is 13.2 Å². The molecular formula is C21H18BrClN2O3S. The summed E-state index contributed by atoms with van der Waals surface area (Å²) in [6.07, 6.45) is 0. The van der Waals surface area contributed by atoms with E-state index in [2.05, 4.69) is 21.2 Å². The molecule has 0 heterocycles. The molecule has 0 saturated heterocycles. The quantitative estimate of drug-likeness (QED) is 0.511. The van der Waals surface area contributed by atoms with Gasteiger partial charge in [-0.1, -0.05) is 41.4 Å². The van der Waals surface area contributed by atoms with Crippen LogP contribution < -0.4 is 9.62 Å². The van der Waals surface area contributed by atoms with Gasteiger partial charge in [-0.3, -0.25) is 9.10 Å². The van der Waals surface area contributed by atoms with E-state index < -0.39 is 15.9 Å². The molecule has 3 rings (SSSR count). The molecule has 0 aliphatic rings. The van der Waals surface area contributed by atoms with Crippen LogP contribution in [0.1, 0.15) is 15.9 Å². The normalized spacial score (nSPS) is 11.2. The van der Waals surface area contributed by atoms with Gasteiger partial charge < -0.3 is 5.32 Å². The van der Waals surface area contributed by atoms with Gasteiger partial charge in [0, 0.05) is 17.2 Å². The molecule has 150 valence electrons. The van der Waals surface area contributed by atoms with Gasteiger partial charge in [0.2, 0.25) is 0 Å². The van der Waals surface area contributed by atoms with E-state index in [0.29, 0.717) is 15.2 Å². The molecule has 0 aromatic heterocycles. The van der Waals surface area contributed by atoms with Crippen LogP contribution >= 0.6 is 27.5 Å². The van der Waals surface area contributed by atoms with Gasteiger partial charge in [-0.05, 0) is 65.3 Å². The number of amides is 1. The van der Waals surface area contributed by atoms with Crippen LogP contribution in [0.2, 0.25) is 5.02 Å². The maximum absolute atomic E-state index is 13.0. The lowest BCUT2D eigenvalue weighted by atomic mass is 10.1. The molecule has 1 N–H and O–H groups in total. The first-order valence-corrected chi connectivity index (χ1v) is 11.2. The number of hydrogen-bond donors (Lipinski definition) is 1. The molecule has 0 aliphatic heterocycles. The van der Waals surface area contributed by atoms with Crippen molar-refractivity contribution in [1.82, 2.24) is 0 Å². The molecule has 3 aromatic carbocycles. The summed E-state index contributed by atoms with van der Waals surface area (Å²) in [5.74, 6) is -0.440. The standard InChI is InChI=1S/C21H18BrClN2O3S/c1-14-7-10-16(11-8-14)29(27,28)25(2)20-6-4-3-5-17(20)21(26)24-15-9-12-18(22)19(23)13-15/h3-13H,1-2H3,(H,24,26). The highest BCUT2D eigenvalue weighted by Gasteiger charge is 2.25. The Morgan fingerprint density at radius 1 is 1.03 bits per heavy atom. The molecule has 3 aromatic rings. The number of rotatable bonds is 5. The van der Waals surface area contributed by atoms with E-state index in [4.69, 9.17) is 11.6 Å². The number of carbonyl (C=O) groups is 1. The van der Waals surface area contributed by atoms with Crippen molar-refractivity contribution in [3.05, 3.63) is 87.4 Å². The molecule has 0 atom stereocenters. The smallest absolute Gasteiger partial charge is 0.264 e. The van der Waals surface area contributed by atoms with Crippen molar-refractivity contribution < 1.29 is 13.2 Å². The Morgan fingerprint density at radius 2 is 1.69 bits per heavy atom. The van der Waals surface area contributed by atoms with Crippen LogP contribution in [0, 0.1) is 6.92 Å². The number of sulfonamides is 1. The number of anilines is 2. The summed E-state index contributed by atoms with van der Waals surface area (Å²) in [4.78, 5) is 13.0. The summed E-state index contributed by atoms with van der Waals surface area (Å²) in [6, 6.07) is 18.1. The topological polar surface area (TPSA) is 66.5 Å². The summed E-state index contributed by atoms with van der Waals surface area (Å²) in [5, 5.41) is 3.21. The second-order valence-corrected chi connectivity index (χ2v) is 9.62. The molecule has 5 nitrogen and oxygen atoms in total. The Kier molecular flexibility index (Phi) is 6.31. The lowest BCUT2D eigenvalue weighted by molar-refractivity contribution is 0.102. The summed E-state index contributed by atoms with van der Waals surface area (Å²) < 4.78 is 27.9. The highest BCUT2D eigenvalue weighted by molar-refractivity contribution is 9.10. The van der Waals surface area contributed by atoms with Crippen molar-refractivity contribution in [1.29, 1.82) is 0 Å². The Bertz CT molecular complexity index is 1160. The van der Waals surface area contributed by atoms with Crippen LogP contribution in [-0.4, -0.2) is 21.4 Å². The highest BCUT2D eigenvalue weighted by atomic mass is 79.9. The van der Waals surface area contributed by atoms with E-state index in [-0.39, 0.29) is 16.1 Å². The first kappa shape index (κ1) is 21.4. The Balaban J connectivity index is 1.94. The van der Waals surface area contributed by atoms with Gasteiger partial charge >= 0.3 is 0 Å². The third-order valence-corrected chi connectivity index (χ3v) is 7.36. The number of benzene rings is 3. The largest absolute Gasteiger partial charge is 0.322 e. The fraction of sp³-hybridized carbons (Fsp3) is 0.0952. The lowest BCUT2D eigenvalue weighted by Crippen LogP contribution is -2.29. The molecule has 0 aliphatic carbocycles. The SMILES string of the molecule is Cc1ccc(S(=O)(=O)N(C)c2ccccc2C(=O)Nc2ccc(Br)c(Cl)c2)cc1. The molecule has 0 unspecified atom stereocenters. The van der Waals surface area contributed by atoms with Gasteiger partial charge in [-0.25, -0.2) is 8.42 Å².